The molecular weight excluding hydrogens is 310 g/mol. The van der Waals surface area contributed by atoms with Gasteiger partial charge in [-0.1, -0.05) is 0 Å². The number of nitrogens with zero attached hydrogens (tertiary/aromatic N) is 2. The second kappa shape index (κ2) is 7.39. The number of rotatable bonds is 4. The van der Waals surface area contributed by atoms with Crippen LogP contribution in [0.1, 0.15) is 10.7 Å². The second-order valence-corrected chi connectivity index (χ2v) is 6.32. The Morgan fingerprint density at radius 3 is 2.70 bits per heavy atom. The summed E-state index contributed by atoms with van der Waals surface area (Å²) in [4.78, 5) is 18.5. The molecule has 1 aromatic carbocycles. The maximum atomic E-state index is 11.9. The molecule has 1 amide bonds. The summed E-state index contributed by atoms with van der Waals surface area (Å²) in [7, 11) is 0. The third-order valence-electron chi connectivity index (χ3n) is 3.55. The first-order valence-electron chi connectivity index (χ1n) is 7.55. The highest BCUT2D eigenvalue weighted by Gasteiger charge is 2.10. The van der Waals surface area contributed by atoms with Crippen LogP contribution >= 0.6 is 11.3 Å². The number of carbonyl (C=O) groups is 1. The van der Waals surface area contributed by atoms with Gasteiger partial charge in [0.25, 0.3) is 0 Å². The normalized spacial score (nSPS) is 15.1. The number of hydrogen-bond acceptors (Lipinski definition) is 5. The molecule has 0 atom stereocenters. The van der Waals surface area contributed by atoms with E-state index >= 15 is 0 Å². The fourth-order valence-corrected chi connectivity index (χ4v) is 2.96. The van der Waals surface area contributed by atoms with Crippen molar-refractivity contribution in [2.24, 2.45) is 0 Å². The van der Waals surface area contributed by atoms with E-state index in [0.717, 1.165) is 48.4 Å². The zero-order chi connectivity index (χ0) is 16.1. The Hall–Kier alpha value is -2.18. The van der Waals surface area contributed by atoms with Crippen LogP contribution in [0.5, 0.6) is 0 Å². The molecule has 120 valence electrons. The van der Waals surface area contributed by atoms with Crippen LogP contribution in [0, 0.1) is 6.92 Å². The van der Waals surface area contributed by atoms with Gasteiger partial charge in [-0.2, -0.15) is 0 Å². The van der Waals surface area contributed by atoms with Gasteiger partial charge in [0.15, 0.2) is 0 Å². The average molecular weight is 329 g/mol. The molecule has 1 aromatic heterocycles. The lowest BCUT2D eigenvalue weighted by molar-refractivity contribution is -0.111. The highest BCUT2D eigenvalue weighted by Crippen LogP contribution is 2.19. The van der Waals surface area contributed by atoms with E-state index in [1.807, 2.05) is 36.6 Å². The molecule has 5 nitrogen and oxygen atoms in total. The Balaban J connectivity index is 1.57. The molecule has 0 aliphatic carbocycles. The molecule has 1 N–H and O–H groups in total. The molecule has 0 unspecified atom stereocenters. The van der Waals surface area contributed by atoms with E-state index < -0.39 is 0 Å². The number of ether oxygens (including phenoxy) is 1. The van der Waals surface area contributed by atoms with Crippen LogP contribution < -0.4 is 10.2 Å². The third kappa shape index (κ3) is 4.40. The van der Waals surface area contributed by atoms with Crippen molar-refractivity contribution in [3.8, 4) is 0 Å². The Morgan fingerprint density at radius 2 is 2.04 bits per heavy atom. The quantitative estimate of drug-likeness (QED) is 0.876. The minimum atomic E-state index is -0.158. The predicted octanol–water partition coefficient (Wildman–Crippen LogP) is 2.94. The smallest absolute Gasteiger partial charge is 0.248 e. The van der Waals surface area contributed by atoms with Crippen molar-refractivity contribution in [2.75, 3.05) is 36.5 Å². The maximum absolute atomic E-state index is 11.9. The largest absolute Gasteiger partial charge is 0.378 e. The highest BCUT2D eigenvalue weighted by molar-refractivity contribution is 7.09. The van der Waals surface area contributed by atoms with Crippen molar-refractivity contribution in [2.45, 2.75) is 6.92 Å². The molecule has 0 bridgehead atoms. The number of morpholine rings is 1. The maximum Gasteiger partial charge on any atom is 0.248 e. The molecule has 1 aliphatic heterocycles. The summed E-state index contributed by atoms with van der Waals surface area (Å²) < 4.78 is 5.35. The molecule has 1 aliphatic rings. The van der Waals surface area contributed by atoms with Crippen molar-refractivity contribution < 1.29 is 9.53 Å². The molecule has 0 radical (unpaired) electrons. The number of anilines is 2. The SMILES string of the molecule is Cc1nc(/C=C/C(=O)Nc2ccc(N3CCOCC3)cc2)cs1. The van der Waals surface area contributed by atoms with Gasteiger partial charge in [0.2, 0.25) is 5.91 Å². The number of thiazole rings is 1. The van der Waals surface area contributed by atoms with Crippen LogP contribution in [0.15, 0.2) is 35.7 Å². The molecular formula is C17H19N3O2S. The van der Waals surface area contributed by atoms with Crippen LogP contribution in [0.25, 0.3) is 6.08 Å². The summed E-state index contributed by atoms with van der Waals surface area (Å²) in [6, 6.07) is 7.88. The van der Waals surface area contributed by atoms with Crippen molar-refractivity contribution in [3.63, 3.8) is 0 Å². The van der Waals surface area contributed by atoms with E-state index in [1.54, 1.807) is 17.4 Å². The zero-order valence-electron chi connectivity index (χ0n) is 13.0. The number of amides is 1. The number of aromatic nitrogens is 1. The minimum absolute atomic E-state index is 0.158. The number of hydrogen-bond donors (Lipinski definition) is 1. The Morgan fingerprint density at radius 1 is 1.30 bits per heavy atom. The van der Waals surface area contributed by atoms with Crippen molar-refractivity contribution in [3.05, 3.63) is 46.4 Å². The van der Waals surface area contributed by atoms with Crippen LogP contribution in [0.3, 0.4) is 0 Å². The number of carbonyl (C=O) groups excluding carboxylic acids is 1. The summed E-state index contributed by atoms with van der Waals surface area (Å²) in [5.41, 5.74) is 2.75. The molecule has 2 heterocycles. The molecule has 0 spiro atoms. The number of benzene rings is 1. The van der Waals surface area contributed by atoms with Gasteiger partial charge in [0, 0.05) is 35.9 Å². The van der Waals surface area contributed by atoms with E-state index in [1.165, 1.54) is 6.08 Å². The zero-order valence-corrected chi connectivity index (χ0v) is 13.8. The van der Waals surface area contributed by atoms with Gasteiger partial charge in [-0.25, -0.2) is 4.98 Å². The summed E-state index contributed by atoms with van der Waals surface area (Å²) >= 11 is 1.57. The standard InChI is InChI=1S/C17H19N3O2S/c1-13-18-15(12-23-13)4-7-17(21)19-14-2-5-16(6-3-14)20-8-10-22-11-9-20/h2-7,12H,8-11H2,1H3,(H,19,21)/b7-4+. The molecule has 0 saturated carbocycles. The summed E-state index contributed by atoms with van der Waals surface area (Å²) in [5, 5.41) is 5.77. The minimum Gasteiger partial charge on any atom is -0.378 e. The van der Waals surface area contributed by atoms with Gasteiger partial charge in [0.05, 0.1) is 23.9 Å². The van der Waals surface area contributed by atoms with Gasteiger partial charge in [-0.3, -0.25) is 4.79 Å². The molecule has 3 rings (SSSR count). The Labute approximate surface area is 139 Å². The van der Waals surface area contributed by atoms with Gasteiger partial charge in [-0.05, 0) is 37.3 Å². The Bertz CT molecular complexity index is 688. The number of nitrogens with one attached hydrogen (secondary N) is 1. The van der Waals surface area contributed by atoms with E-state index in [4.69, 9.17) is 4.74 Å². The molecule has 1 fully saturated rings. The molecule has 2 aromatic rings. The monoisotopic (exact) mass is 329 g/mol. The third-order valence-corrected chi connectivity index (χ3v) is 4.35. The topological polar surface area (TPSA) is 54.5 Å². The molecule has 6 heteroatoms. The highest BCUT2D eigenvalue weighted by atomic mass is 32.1. The van der Waals surface area contributed by atoms with Gasteiger partial charge in [-0.15, -0.1) is 11.3 Å². The van der Waals surface area contributed by atoms with Gasteiger partial charge in [0.1, 0.15) is 0 Å². The van der Waals surface area contributed by atoms with E-state index in [9.17, 15) is 4.79 Å². The lowest BCUT2D eigenvalue weighted by atomic mass is 10.2. The van der Waals surface area contributed by atoms with Gasteiger partial charge >= 0.3 is 0 Å². The first-order chi connectivity index (χ1) is 11.2. The summed E-state index contributed by atoms with van der Waals surface area (Å²) in [5.74, 6) is -0.158. The lowest BCUT2D eigenvalue weighted by Crippen LogP contribution is -2.36. The summed E-state index contributed by atoms with van der Waals surface area (Å²) in [6.45, 7) is 5.28. The van der Waals surface area contributed by atoms with E-state index in [-0.39, 0.29) is 5.91 Å². The fourth-order valence-electron chi connectivity index (χ4n) is 2.38. The van der Waals surface area contributed by atoms with Crippen LogP contribution in [-0.4, -0.2) is 37.2 Å². The van der Waals surface area contributed by atoms with Crippen LogP contribution in [-0.2, 0) is 9.53 Å². The van der Waals surface area contributed by atoms with Crippen molar-refractivity contribution in [1.29, 1.82) is 0 Å². The van der Waals surface area contributed by atoms with Crippen LogP contribution in [0.2, 0.25) is 0 Å². The van der Waals surface area contributed by atoms with Gasteiger partial charge < -0.3 is 15.0 Å². The molecule has 23 heavy (non-hydrogen) atoms. The predicted molar refractivity (Wildman–Crippen MR) is 94.0 cm³/mol. The average Bonchev–Trinajstić information content (AvgIpc) is 3.00. The van der Waals surface area contributed by atoms with Crippen molar-refractivity contribution >= 4 is 34.7 Å². The first kappa shape index (κ1) is 15.7. The fraction of sp³-hybridized carbons (Fsp3) is 0.294. The van der Waals surface area contributed by atoms with Crippen molar-refractivity contribution in [1.82, 2.24) is 4.98 Å². The lowest BCUT2D eigenvalue weighted by Gasteiger charge is -2.28. The first-order valence-corrected chi connectivity index (χ1v) is 8.42. The van der Waals surface area contributed by atoms with E-state index in [0.29, 0.717) is 0 Å². The second-order valence-electron chi connectivity index (χ2n) is 5.26. The molecule has 1 saturated heterocycles. The van der Waals surface area contributed by atoms with E-state index in [2.05, 4.69) is 15.2 Å². The van der Waals surface area contributed by atoms with Crippen LogP contribution in [0.4, 0.5) is 11.4 Å². The Kier molecular flexibility index (Phi) is 5.05. The number of aryl methyl sites for hydroxylation is 1. The summed E-state index contributed by atoms with van der Waals surface area (Å²) in [6.07, 6.45) is 3.23.